The first-order valence-corrected chi connectivity index (χ1v) is 4.27. The molecule has 0 aliphatic carbocycles. The van der Waals surface area contributed by atoms with Crippen LogP contribution in [-0.4, -0.2) is 11.7 Å². The van der Waals surface area contributed by atoms with Crippen molar-refractivity contribution in [3.8, 4) is 0 Å². The Bertz CT molecular complexity index is 279. The first kappa shape index (κ1) is 10.4. The van der Waals surface area contributed by atoms with Crippen LogP contribution in [-0.2, 0) is 6.42 Å². The Balaban J connectivity index is 2.86. The number of aliphatic hydroxyl groups excluding tert-OH is 1. The topological polar surface area (TPSA) is 20.2 Å². The molecule has 0 heterocycles. The van der Waals surface area contributed by atoms with E-state index in [1.165, 1.54) is 6.07 Å². The summed E-state index contributed by atoms with van der Waals surface area (Å²) in [6.07, 6.45) is 1.01. The SMILES string of the molecule is OCCCc1cc(F)c(F)c(Cl)c1. The maximum atomic E-state index is 12.7. The van der Waals surface area contributed by atoms with Crippen LogP contribution in [0.4, 0.5) is 8.78 Å². The van der Waals surface area contributed by atoms with Crippen LogP contribution in [0.3, 0.4) is 0 Å². The molecule has 0 radical (unpaired) electrons. The number of rotatable bonds is 3. The molecule has 0 bridgehead atoms. The van der Waals surface area contributed by atoms with Gasteiger partial charge in [0.1, 0.15) is 0 Å². The molecule has 0 amide bonds. The summed E-state index contributed by atoms with van der Waals surface area (Å²) in [7, 11) is 0. The van der Waals surface area contributed by atoms with Gasteiger partial charge in [-0.25, -0.2) is 8.78 Å². The van der Waals surface area contributed by atoms with Crippen LogP contribution in [0.5, 0.6) is 0 Å². The summed E-state index contributed by atoms with van der Waals surface area (Å²) in [5.74, 6) is -1.96. The second kappa shape index (κ2) is 4.53. The number of aliphatic hydroxyl groups is 1. The van der Waals surface area contributed by atoms with Crippen molar-refractivity contribution >= 4 is 11.6 Å². The first-order chi connectivity index (χ1) is 6.15. The molecule has 0 saturated heterocycles. The van der Waals surface area contributed by atoms with Crippen LogP contribution >= 0.6 is 11.6 Å². The zero-order valence-electron chi connectivity index (χ0n) is 6.86. The van der Waals surface area contributed by atoms with Crippen LogP contribution in [0.25, 0.3) is 0 Å². The van der Waals surface area contributed by atoms with E-state index in [1.54, 1.807) is 0 Å². The van der Waals surface area contributed by atoms with E-state index in [1.807, 2.05) is 0 Å². The maximum Gasteiger partial charge on any atom is 0.177 e. The molecule has 0 fully saturated rings. The molecule has 0 unspecified atom stereocenters. The fourth-order valence-corrected chi connectivity index (χ4v) is 1.27. The van der Waals surface area contributed by atoms with Crippen molar-refractivity contribution in [2.45, 2.75) is 12.8 Å². The normalized spacial score (nSPS) is 10.5. The largest absolute Gasteiger partial charge is 0.396 e. The third-order valence-corrected chi connectivity index (χ3v) is 1.94. The lowest BCUT2D eigenvalue weighted by molar-refractivity contribution is 0.288. The molecule has 0 aliphatic rings. The van der Waals surface area contributed by atoms with Crippen molar-refractivity contribution in [2.75, 3.05) is 6.61 Å². The van der Waals surface area contributed by atoms with E-state index < -0.39 is 11.6 Å². The molecular weight excluding hydrogens is 198 g/mol. The van der Waals surface area contributed by atoms with Gasteiger partial charge in [0.25, 0.3) is 0 Å². The monoisotopic (exact) mass is 206 g/mol. The fraction of sp³-hybridized carbons (Fsp3) is 0.333. The Morgan fingerprint density at radius 2 is 2.00 bits per heavy atom. The van der Waals surface area contributed by atoms with Crippen molar-refractivity contribution in [2.24, 2.45) is 0 Å². The number of aryl methyl sites for hydroxylation is 1. The van der Waals surface area contributed by atoms with Crippen LogP contribution < -0.4 is 0 Å². The lowest BCUT2D eigenvalue weighted by Gasteiger charge is -2.02. The molecule has 1 nitrogen and oxygen atoms in total. The lowest BCUT2D eigenvalue weighted by atomic mass is 10.1. The third kappa shape index (κ3) is 2.64. The quantitative estimate of drug-likeness (QED) is 0.754. The molecule has 72 valence electrons. The molecule has 4 heteroatoms. The van der Waals surface area contributed by atoms with Gasteiger partial charge in [-0.1, -0.05) is 11.6 Å². The van der Waals surface area contributed by atoms with Gasteiger partial charge in [-0.2, -0.15) is 0 Å². The van der Waals surface area contributed by atoms with Gasteiger partial charge >= 0.3 is 0 Å². The standard InChI is InChI=1S/C9H9ClF2O/c10-7-4-6(2-1-3-13)5-8(11)9(7)12/h4-5,13H,1-3H2. The van der Waals surface area contributed by atoms with Crippen molar-refractivity contribution in [1.82, 2.24) is 0 Å². The summed E-state index contributed by atoms with van der Waals surface area (Å²) in [5, 5.41) is 8.31. The lowest BCUT2D eigenvalue weighted by Crippen LogP contribution is -1.93. The third-order valence-electron chi connectivity index (χ3n) is 1.67. The van der Waals surface area contributed by atoms with Gasteiger partial charge in [0.05, 0.1) is 5.02 Å². The summed E-state index contributed by atoms with van der Waals surface area (Å²) in [4.78, 5) is 0. The smallest absolute Gasteiger partial charge is 0.177 e. The van der Waals surface area contributed by atoms with Crippen LogP contribution in [0, 0.1) is 11.6 Å². The summed E-state index contributed by atoms with van der Waals surface area (Å²) >= 11 is 5.42. The number of hydrogen-bond donors (Lipinski definition) is 1. The van der Waals surface area contributed by atoms with Crippen molar-refractivity contribution in [3.05, 3.63) is 34.4 Å². The van der Waals surface area contributed by atoms with Gasteiger partial charge in [-0.15, -0.1) is 0 Å². The van der Waals surface area contributed by atoms with Gasteiger partial charge in [0.15, 0.2) is 11.6 Å². The molecule has 0 atom stereocenters. The Labute approximate surface area is 80.0 Å². The highest BCUT2D eigenvalue weighted by atomic mass is 35.5. The van der Waals surface area contributed by atoms with E-state index in [-0.39, 0.29) is 11.6 Å². The van der Waals surface area contributed by atoms with E-state index >= 15 is 0 Å². The molecule has 0 saturated carbocycles. The summed E-state index contributed by atoms with van der Waals surface area (Å²) in [5.41, 5.74) is 0.595. The minimum atomic E-state index is -1.02. The van der Waals surface area contributed by atoms with Crippen molar-refractivity contribution in [1.29, 1.82) is 0 Å². The molecule has 0 aromatic heterocycles. The van der Waals surface area contributed by atoms with Gasteiger partial charge in [-0.05, 0) is 30.5 Å². The molecule has 1 N–H and O–H groups in total. The van der Waals surface area contributed by atoms with Gasteiger partial charge < -0.3 is 5.11 Å². The van der Waals surface area contributed by atoms with E-state index in [0.29, 0.717) is 18.4 Å². The molecular formula is C9H9ClF2O. The van der Waals surface area contributed by atoms with Gasteiger partial charge in [0.2, 0.25) is 0 Å². The summed E-state index contributed by atoms with van der Waals surface area (Å²) in [6, 6.07) is 2.46. The maximum absolute atomic E-state index is 12.7. The Kier molecular flexibility index (Phi) is 3.63. The molecule has 13 heavy (non-hydrogen) atoms. The Hall–Kier alpha value is -0.670. The molecule has 1 aromatic carbocycles. The highest BCUT2D eigenvalue weighted by molar-refractivity contribution is 6.30. The highest BCUT2D eigenvalue weighted by Crippen LogP contribution is 2.20. The highest BCUT2D eigenvalue weighted by Gasteiger charge is 2.08. The summed E-state index contributed by atoms with van der Waals surface area (Å²) in [6.45, 7) is 0.0244. The molecule has 0 spiro atoms. The molecule has 0 aliphatic heterocycles. The van der Waals surface area contributed by atoms with Crippen LogP contribution in [0.1, 0.15) is 12.0 Å². The van der Waals surface area contributed by atoms with E-state index in [0.717, 1.165) is 6.07 Å². The van der Waals surface area contributed by atoms with Crippen molar-refractivity contribution in [3.63, 3.8) is 0 Å². The van der Waals surface area contributed by atoms with Gasteiger partial charge in [-0.3, -0.25) is 0 Å². The second-order valence-corrected chi connectivity index (χ2v) is 3.11. The predicted octanol–water partition coefficient (Wildman–Crippen LogP) is 2.54. The average molecular weight is 207 g/mol. The first-order valence-electron chi connectivity index (χ1n) is 3.89. The van der Waals surface area contributed by atoms with Crippen LogP contribution in [0.15, 0.2) is 12.1 Å². The van der Waals surface area contributed by atoms with E-state index in [4.69, 9.17) is 16.7 Å². The zero-order valence-corrected chi connectivity index (χ0v) is 7.61. The number of hydrogen-bond acceptors (Lipinski definition) is 1. The number of benzene rings is 1. The van der Waals surface area contributed by atoms with Gasteiger partial charge in [0, 0.05) is 6.61 Å². The van der Waals surface area contributed by atoms with E-state index in [2.05, 4.69) is 0 Å². The zero-order chi connectivity index (χ0) is 9.84. The average Bonchev–Trinajstić information content (AvgIpc) is 2.10. The van der Waals surface area contributed by atoms with Crippen LogP contribution in [0.2, 0.25) is 5.02 Å². The molecule has 1 aromatic rings. The minimum absolute atomic E-state index is 0.0244. The number of halogens is 3. The molecule has 1 rings (SSSR count). The fourth-order valence-electron chi connectivity index (χ4n) is 1.04. The summed E-state index contributed by atoms with van der Waals surface area (Å²) < 4.78 is 25.4. The Morgan fingerprint density at radius 3 is 2.54 bits per heavy atom. The Morgan fingerprint density at radius 1 is 1.31 bits per heavy atom. The van der Waals surface area contributed by atoms with E-state index in [9.17, 15) is 8.78 Å². The predicted molar refractivity (Wildman–Crippen MR) is 46.8 cm³/mol. The second-order valence-electron chi connectivity index (χ2n) is 2.70. The minimum Gasteiger partial charge on any atom is -0.396 e. The van der Waals surface area contributed by atoms with Crippen molar-refractivity contribution < 1.29 is 13.9 Å².